The number of ether oxygens (including phenoxy) is 2. The van der Waals surface area contributed by atoms with E-state index in [4.69, 9.17) is 21.1 Å². The minimum Gasteiger partial charge on any atom is -0.482 e. The van der Waals surface area contributed by atoms with Crippen LogP contribution in [0.4, 0.5) is 0 Å². The first-order chi connectivity index (χ1) is 9.21. The molecule has 0 saturated heterocycles. The van der Waals surface area contributed by atoms with Gasteiger partial charge in [0.25, 0.3) is 0 Å². The Bertz CT molecular complexity index is 733. The van der Waals surface area contributed by atoms with Crippen LogP contribution in [0.1, 0.15) is 0 Å². The molecule has 0 fully saturated rings. The molecule has 3 aromatic rings. The van der Waals surface area contributed by atoms with Crippen LogP contribution in [-0.4, -0.2) is 29.2 Å². The predicted octanol–water partition coefficient (Wildman–Crippen LogP) is 3.23. The zero-order chi connectivity index (χ0) is 13.4. The van der Waals surface area contributed by atoms with Gasteiger partial charge in [0.1, 0.15) is 5.65 Å². The Balaban J connectivity index is 2.13. The van der Waals surface area contributed by atoms with Crippen molar-refractivity contribution < 1.29 is 9.47 Å². The van der Waals surface area contributed by atoms with Gasteiger partial charge in [-0.2, -0.15) is 4.98 Å². The van der Waals surface area contributed by atoms with E-state index < -0.39 is 0 Å². The molecule has 0 amide bonds. The Kier molecular flexibility index (Phi) is 2.83. The molecule has 98 valence electrons. The van der Waals surface area contributed by atoms with Crippen LogP contribution >= 0.6 is 11.6 Å². The van der Waals surface area contributed by atoms with Gasteiger partial charge in [-0.3, -0.25) is 0 Å². The highest BCUT2D eigenvalue weighted by atomic mass is 35.5. The number of pyridine rings is 1. The molecule has 19 heavy (non-hydrogen) atoms. The first-order valence-corrected chi connectivity index (χ1v) is 6.05. The third-order valence-corrected chi connectivity index (χ3v) is 3.24. The summed E-state index contributed by atoms with van der Waals surface area (Å²) in [5.41, 5.74) is 2.58. The quantitative estimate of drug-likeness (QED) is 0.772. The van der Waals surface area contributed by atoms with E-state index in [0.717, 1.165) is 16.6 Å². The summed E-state index contributed by atoms with van der Waals surface area (Å²) < 4.78 is 10.2. The van der Waals surface area contributed by atoms with Crippen molar-refractivity contribution >= 4 is 22.6 Å². The molecule has 3 rings (SSSR count). The highest BCUT2D eigenvalue weighted by Crippen LogP contribution is 2.31. The fourth-order valence-corrected chi connectivity index (χ4v) is 2.19. The van der Waals surface area contributed by atoms with E-state index in [1.165, 1.54) is 0 Å². The van der Waals surface area contributed by atoms with E-state index in [-0.39, 0.29) is 0 Å². The van der Waals surface area contributed by atoms with Gasteiger partial charge in [0, 0.05) is 35.0 Å². The fraction of sp³-hybridized carbons (Fsp3) is 0.154. The Hall–Kier alpha value is -2.14. The van der Waals surface area contributed by atoms with E-state index in [9.17, 15) is 0 Å². The summed E-state index contributed by atoms with van der Waals surface area (Å²) in [5, 5.41) is 1.46. The predicted molar refractivity (Wildman–Crippen MR) is 74.0 cm³/mol. The van der Waals surface area contributed by atoms with Crippen molar-refractivity contribution in [3.05, 3.63) is 29.4 Å². The van der Waals surface area contributed by atoms with Gasteiger partial charge in [0.05, 0.1) is 19.2 Å². The molecule has 0 aliphatic heterocycles. The lowest BCUT2D eigenvalue weighted by atomic mass is 10.2. The number of halogens is 1. The lowest BCUT2D eigenvalue weighted by molar-refractivity contribution is 0.399. The Morgan fingerprint density at radius 3 is 2.68 bits per heavy atom. The Labute approximate surface area is 114 Å². The number of aromatic amines is 2. The highest BCUT2D eigenvalue weighted by molar-refractivity contribution is 6.35. The number of methoxy groups -OCH3 is 2. The summed E-state index contributed by atoms with van der Waals surface area (Å²) in [7, 11) is 3.18. The molecule has 0 aliphatic carbocycles. The molecular weight excluding hydrogens is 266 g/mol. The fourth-order valence-electron chi connectivity index (χ4n) is 1.95. The van der Waals surface area contributed by atoms with Crippen LogP contribution in [0.2, 0.25) is 5.02 Å². The molecule has 0 aliphatic rings. The molecule has 3 aromatic heterocycles. The van der Waals surface area contributed by atoms with Crippen molar-refractivity contribution in [1.29, 1.82) is 0 Å². The monoisotopic (exact) mass is 277 g/mol. The summed E-state index contributed by atoms with van der Waals surface area (Å²) in [6.45, 7) is 0. The summed E-state index contributed by atoms with van der Waals surface area (Å²) in [5.74, 6) is 1.18. The third-order valence-electron chi connectivity index (χ3n) is 2.92. The van der Waals surface area contributed by atoms with Gasteiger partial charge in [-0.1, -0.05) is 11.6 Å². The average molecular weight is 278 g/mol. The molecule has 0 spiro atoms. The molecule has 5 nitrogen and oxygen atoms in total. The van der Waals surface area contributed by atoms with Crippen molar-refractivity contribution in [1.82, 2.24) is 15.0 Å². The highest BCUT2D eigenvalue weighted by Gasteiger charge is 2.11. The maximum Gasteiger partial charge on any atom is 0.216 e. The lowest BCUT2D eigenvalue weighted by Gasteiger charge is -1.99. The topological polar surface area (TPSA) is 62.9 Å². The molecule has 2 N–H and O–H groups in total. The first-order valence-electron chi connectivity index (χ1n) is 5.67. The summed E-state index contributed by atoms with van der Waals surface area (Å²) in [6, 6.07) is 5.54. The van der Waals surface area contributed by atoms with Gasteiger partial charge in [-0.15, -0.1) is 0 Å². The number of hydrogen-bond acceptors (Lipinski definition) is 3. The van der Waals surface area contributed by atoms with Gasteiger partial charge in [-0.05, 0) is 6.07 Å². The number of nitrogens with zero attached hydrogens (tertiary/aromatic N) is 1. The maximum atomic E-state index is 6.20. The smallest absolute Gasteiger partial charge is 0.216 e. The number of fused-ring (bicyclic) bond motifs is 1. The standard InChI is InChI=1S/C13H12ClN3O2/c1-18-11-3-7(6-15-11)10-4-8-9(14)5-12(19-2)17-13(8)16-10/h3-6,15H,1-2H3,(H,16,17). The van der Waals surface area contributed by atoms with E-state index >= 15 is 0 Å². The van der Waals surface area contributed by atoms with E-state index in [1.807, 2.05) is 18.3 Å². The first kappa shape index (κ1) is 11.9. The van der Waals surface area contributed by atoms with Crippen molar-refractivity contribution in [2.24, 2.45) is 0 Å². The molecular formula is C13H12ClN3O2. The van der Waals surface area contributed by atoms with Crippen LogP contribution in [0.25, 0.3) is 22.3 Å². The largest absolute Gasteiger partial charge is 0.482 e. The molecule has 0 bridgehead atoms. The van der Waals surface area contributed by atoms with Crippen molar-refractivity contribution in [3.63, 3.8) is 0 Å². The van der Waals surface area contributed by atoms with Crippen LogP contribution in [0.3, 0.4) is 0 Å². The van der Waals surface area contributed by atoms with Crippen LogP contribution in [0, 0.1) is 0 Å². The molecule has 3 heterocycles. The molecule has 0 saturated carbocycles. The zero-order valence-corrected chi connectivity index (χ0v) is 11.2. The molecule has 0 aromatic carbocycles. The zero-order valence-electron chi connectivity index (χ0n) is 10.5. The number of rotatable bonds is 3. The minimum absolute atomic E-state index is 0.484. The van der Waals surface area contributed by atoms with Gasteiger partial charge in [0.2, 0.25) is 5.88 Å². The maximum absolute atomic E-state index is 6.20. The van der Waals surface area contributed by atoms with Gasteiger partial charge >= 0.3 is 0 Å². The second kappa shape index (κ2) is 4.51. The molecule has 0 radical (unpaired) electrons. The van der Waals surface area contributed by atoms with E-state index in [1.54, 1.807) is 20.3 Å². The average Bonchev–Trinajstić information content (AvgIpc) is 3.04. The van der Waals surface area contributed by atoms with E-state index in [0.29, 0.717) is 22.4 Å². The van der Waals surface area contributed by atoms with E-state index in [2.05, 4.69) is 15.0 Å². The van der Waals surface area contributed by atoms with Crippen molar-refractivity contribution in [3.8, 4) is 23.0 Å². The van der Waals surface area contributed by atoms with Gasteiger partial charge < -0.3 is 19.4 Å². The normalized spacial score (nSPS) is 10.9. The second-order valence-electron chi connectivity index (χ2n) is 4.05. The number of nitrogens with one attached hydrogen (secondary N) is 2. The summed E-state index contributed by atoms with van der Waals surface area (Å²) in [6.07, 6.45) is 1.86. The Morgan fingerprint density at radius 1 is 1.16 bits per heavy atom. The Morgan fingerprint density at radius 2 is 2.00 bits per heavy atom. The second-order valence-corrected chi connectivity index (χ2v) is 4.46. The SMILES string of the molecule is COc1cc(Cl)c2cc(-c3c[nH]c(OC)c3)[nH]c2n1. The number of H-pyrrole nitrogens is 2. The van der Waals surface area contributed by atoms with Gasteiger partial charge in [0.15, 0.2) is 5.88 Å². The minimum atomic E-state index is 0.484. The number of aromatic nitrogens is 3. The summed E-state index contributed by atoms with van der Waals surface area (Å²) >= 11 is 6.20. The van der Waals surface area contributed by atoms with Crippen molar-refractivity contribution in [2.45, 2.75) is 0 Å². The van der Waals surface area contributed by atoms with Crippen LogP contribution in [-0.2, 0) is 0 Å². The lowest BCUT2D eigenvalue weighted by Crippen LogP contribution is -1.87. The molecule has 6 heteroatoms. The van der Waals surface area contributed by atoms with Gasteiger partial charge in [-0.25, -0.2) is 0 Å². The molecule has 0 unspecified atom stereocenters. The third kappa shape index (κ3) is 2.02. The summed E-state index contributed by atoms with van der Waals surface area (Å²) in [4.78, 5) is 10.6. The van der Waals surface area contributed by atoms with Crippen LogP contribution < -0.4 is 9.47 Å². The molecule has 0 atom stereocenters. The number of hydrogen-bond donors (Lipinski definition) is 2. The van der Waals surface area contributed by atoms with Crippen LogP contribution in [0.15, 0.2) is 24.4 Å². The van der Waals surface area contributed by atoms with Crippen molar-refractivity contribution in [2.75, 3.05) is 14.2 Å². The van der Waals surface area contributed by atoms with Crippen LogP contribution in [0.5, 0.6) is 11.8 Å².